The molecule has 1 atom stereocenters. The van der Waals surface area contributed by atoms with Crippen molar-refractivity contribution < 1.29 is 41.0 Å². The van der Waals surface area contributed by atoms with Crippen LogP contribution in [-0.4, -0.2) is 25.5 Å². The van der Waals surface area contributed by atoms with E-state index in [-0.39, 0.29) is 12.0 Å². The Kier molecular flexibility index (Phi) is 11.3. The number of unbranched alkanes of at least 4 members (excludes halogenated alkanes) is 3. The number of rotatable bonds is 13. The zero-order valence-electron chi connectivity index (χ0n) is 19.9. The molecule has 0 N–H and O–H groups in total. The van der Waals surface area contributed by atoms with Crippen molar-refractivity contribution in [3.05, 3.63) is 48.0 Å². The molecule has 0 radical (unpaired) electrons. The van der Waals surface area contributed by atoms with Crippen molar-refractivity contribution in [2.75, 3.05) is 13.2 Å². The minimum Gasteiger partial charge on any atom is -0.494 e. The summed E-state index contributed by atoms with van der Waals surface area (Å²) in [5, 5.41) is 0. The highest BCUT2D eigenvalue weighted by molar-refractivity contribution is 5.68. The summed E-state index contributed by atoms with van der Waals surface area (Å²) in [6, 6.07) is 8.76. The Bertz CT molecular complexity index is 929. The zero-order chi connectivity index (χ0) is 25.8. The van der Waals surface area contributed by atoms with E-state index in [1.165, 1.54) is 6.07 Å². The molecule has 0 heterocycles. The molecule has 0 aliphatic rings. The van der Waals surface area contributed by atoms with Gasteiger partial charge in [-0.1, -0.05) is 51.7 Å². The Hall–Kier alpha value is -2.84. The molecule has 0 bridgehead atoms. The Morgan fingerprint density at radius 3 is 2.17 bits per heavy atom. The first-order chi connectivity index (χ1) is 16.7. The van der Waals surface area contributed by atoms with Gasteiger partial charge in [0.2, 0.25) is 5.82 Å². The van der Waals surface area contributed by atoms with Crippen LogP contribution in [0.2, 0.25) is 0 Å². The molecule has 35 heavy (non-hydrogen) atoms. The van der Waals surface area contributed by atoms with Crippen LogP contribution in [0.1, 0.15) is 58.8 Å². The molecule has 2 rings (SSSR count). The fraction of sp³-hybridized carbons (Fsp3) is 0.500. The third kappa shape index (κ3) is 9.03. The van der Waals surface area contributed by atoms with E-state index in [0.717, 1.165) is 25.3 Å². The summed E-state index contributed by atoms with van der Waals surface area (Å²) in [6.45, 7) is 3.87. The van der Waals surface area contributed by atoms with Gasteiger partial charge in [-0.3, -0.25) is 0 Å². The zero-order valence-corrected chi connectivity index (χ0v) is 19.9. The third-order valence-electron chi connectivity index (χ3n) is 5.48. The summed E-state index contributed by atoms with van der Waals surface area (Å²) in [6.07, 6.45) is -2.29. The smallest absolute Gasteiger partial charge is 0.494 e. The Morgan fingerprint density at radius 1 is 0.857 bits per heavy atom. The van der Waals surface area contributed by atoms with Crippen LogP contribution in [0, 0.1) is 17.6 Å². The number of carbonyl (C=O) groups is 1. The maximum Gasteiger partial charge on any atom is 0.513 e. The van der Waals surface area contributed by atoms with Gasteiger partial charge in [-0.15, -0.1) is 0 Å². The summed E-state index contributed by atoms with van der Waals surface area (Å²) in [5.41, 5.74) is 0.339. The molecule has 0 spiro atoms. The molecule has 2 aromatic rings. The number of halogens is 5. The molecule has 0 aromatic heterocycles. The normalized spacial score (nSPS) is 12.3. The van der Waals surface area contributed by atoms with Gasteiger partial charge in [0.1, 0.15) is 5.75 Å². The van der Waals surface area contributed by atoms with E-state index in [2.05, 4.69) is 16.4 Å². The van der Waals surface area contributed by atoms with Gasteiger partial charge in [0.05, 0.1) is 19.1 Å². The van der Waals surface area contributed by atoms with Gasteiger partial charge < -0.3 is 14.2 Å². The van der Waals surface area contributed by atoms with Gasteiger partial charge in [0.25, 0.3) is 0 Å². The molecule has 0 amide bonds. The molecular weight excluding hydrogens is 471 g/mol. The summed E-state index contributed by atoms with van der Waals surface area (Å²) < 4.78 is 83.1. The first kappa shape index (κ1) is 28.4. The average molecular weight is 503 g/mol. The Balaban J connectivity index is 1.95. The molecular formula is C26H31F5O4. The summed E-state index contributed by atoms with van der Waals surface area (Å²) in [7, 11) is 0. The SMILES string of the molecule is CCCCCOc1ccc(-c2ccc(OC(=O)OCCC(CCCC)C(F)(F)F)c(F)c2F)cc1. The van der Waals surface area contributed by atoms with Crippen molar-refractivity contribution in [1.29, 1.82) is 0 Å². The number of hydrogen-bond acceptors (Lipinski definition) is 4. The molecule has 1 unspecified atom stereocenters. The van der Waals surface area contributed by atoms with E-state index in [4.69, 9.17) is 4.74 Å². The van der Waals surface area contributed by atoms with Crippen LogP contribution in [0.25, 0.3) is 11.1 Å². The van der Waals surface area contributed by atoms with E-state index >= 15 is 0 Å². The van der Waals surface area contributed by atoms with E-state index in [1.807, 2.05) is 0 Å². The largest absolute Gasteiger partial charge is 0.513 e. The van der Waals surface area contributed by atoms with Crippen LogP contribution < -0.4 is 9.47 Å². The van der Waals surface area contributed by atoms with Crippen LogP contribution >= 0.6 is 0 Å². The molecule has 0 saturated carbocycles. The maximum atomic E-state index is 14.6. The number of benzene rings is 2. The summed E-state index contributed by atoms with van der Waals surface area (Å²) in [4.78, 5) is 11.8. The fourth-order valence-electron chi connectivity index (χ4n) is 3.43. The monoisotopic (exact) mass is 502 g/mol. The number of ether oxygens (including phenoxy) is 3. The number of hydrogen-bond donors (Lipinski definition) is 0. The molecule has 0 saturated heterocycles. The lowest BCUT2D eigenvalue weighted by Gasteiger charge is -2.19. The average Bonchev–Trinajstić information content (AvgIpc) is 2.82. The fourth-order valence-corrected chi connectivity index (χ4v) is 3.43. The van der Waals surface area contributed by atoms with Crippen LogP contribution in [0.3, 0.4) is 0 Å². The van der Waals surface area contributed by atoms with Crippen molar-refractivity contribution in [1.82, 2.24) is 0 Å². The van der Waals surface area contributed by atoms with Crippen LogP contribution in [-0.2, 0) is 4.74 Å². The van der Waals surface area contributed by atoms with Gasteiger partial charge in [0, 0.05) is 5.56 Å². The Morgan fingerprint density at radius 2 is 1.54 bits per heavy atom. The predicted molar refractivity (Wildman–Crippen MR) is 122 cm³/mol. The minimum absolute atomic E-state index is 0.0512. The maximum absolute atomic E-state index is 14.6. The third-order valence-corrected chi connectivity index (χ3v) is 5.48. The lowest BCUT2D eigenvalue weighted by Crippen LogP contribution is -2.25. The van der Waals surface area contributed by atoms with Crippen molar-refractivity contribution >= 4 is 6.16 Å². The van der Waals surface area contributed by atoms with E-state index in [1.54, 1.807) is 31.2 Å². The molecule has 0 fully saturated rings. The van der Waals surface area contributed by atoms with Crippen LogP contribution in [0.4, 0.5) is 26.7 Å². The molecule has 2 aromatic carbocycles. The number of alkyl halides is 3. The lowest BCUT2D eigenvalue weighted by atomic mass is 9.98. The van der Waals surface area contributed by atoms with Crippen molar-refractivity contribution in [2.24, 2.45) is 5.92 Å². The molecule has 9 heteroatoms. The summed E-state index contributed by atoms with van der Waals surface area (Å²) in [5.74, 6) is -4.36. The van der Waals surface area contributed by atoms with E-state index in [9.17, 15) is 26.7 Å². The highest BCUT2D eigenvalue weighted by Gasteiger charge is 2.38. The topological polar surface area (TPSA) is 44.8 Å². The lowest BCUT2D eigenvalue weighted by molar-refractivity contribution is -0.180. The van der Waals surface area contributed by atoms with Gasteiger partial charge in [-0.25, -0.2) is 9.18 Å². The second-order valence-corrected chi connectivity index (χ2v) is 8.19. The highest BCUT2D eigenvalue weighted by Crippen LogP contribution is 2.33. The molecule has 0 aliphatic heterocycles. The summed E-state index contributed by atoms with van der Waals surface area (Å²) >= 11 is 0. The Labute approximate surface area is 202 Å². The number of carbonyl (C=O) groups excluding carboxylic acids is 1. The van der Waals surface area contributed by atoms with E-state index in [0.29, 0.717) is 30.8 Å². The minimum atomic E-state index is -4.41. The van der Waals surface area contributed by atoms with Crippen LogP contribution in [0.5, 0.6) is 11.5 Å². The second kappa shape index (κ2) is 13.9. The van der Waals surface area contributed by atoms with Crippen molar-refractivity contribution in [2.45, 2.75) is 65.0 Å². The van der Waals surface area contributed by atoms with Gasteiger partial charge in [-0.05, 0) is 49.1 Å². The predicted octanol–water partition coefficient (Wildman–Crippen LogP) is 8.48. The first-order valence-corrected chi connectivity index (χ1v) is 11.8. The van der Waals surface area contributed by atoms with Crippen LogP contribution in [0.15, 0.2) is 36.4 Å². The quantitative estimate of drug-likeness (QED) is 0.119. The van der Waals surface area contributed by atoms with Gasteiger partial charge >= 0.3 is 12.3 Å². The standard InChI is InChI=1S/C26H31F5O4/c1-3-5-7-16-33-20-11-9-18(10-12-20)21-13-14-22(24(28)23(21)27)35-25(32)34-17-15-19(8-6-4-2)26(29,30)31/h9-14,19H,3-8,15-17H2,1-2H3. The highest BCUT2D eigenvalue weighted by atomic mass is 19.4. The van der Waals surface area contributed by atoms with Crippen molar-refractivity contribution in [3.8, 4) is 22.6 Å². The van der Waals surface area contributed by atoms with Gasteiger partial charge in [-0.2, -0.15) is 17.6 Å². The first-order valence-electron chi connectivity index (χ1n) is 11.8. The van der Waals surface area contributed by atoms with E-state index < -0.39 is 48.7 Å². The van der Waals surface area contributed by atoms with Crippen molar-refractivity contribution in [3.63, 3.8) is 0 Å². The molecule has 4 nitrogen and oxygen atoms in total. The molecule has 0 aliphatic carbocycles. The second-order valence-electron chi connectivity index (χ2n) is 8.19. The van der Waals surface area contributed by atoms with Gasteiger partial charge in [0.15, 0.2) is 11.6 Å². The molecule has 194 valence electrons.